The van der Waals surface area contributed by atoms with Gasteiger partial charge in [0.1, 0.15) is 6.10 Å². The topological polar surface area (TPSA) is 108 Å². The van der Waals surface area contributed by atoms with Gasteiger partial charge >= 0.3 is 18.0 Å². The summed E-state index contributed by atoms with van der Waals surface area (Å²) in [7, 11) is 0. The normalized spacial score (nSPS) is 11.3. The number of carbonyl (C=O) groups is 3. The predicted octanol–water partition coefficient (Wildman–Crippen LogP) is 3.79. The molecule has 0 saturated carbocycles. The minimum atomic E-state index is -0.794. The van der Waals surface area contributed by atoms with E-state index >= 15 is 0 Å². The van der Waals surface area contributed by atoms with Crippen molar-refractivity contribution < 1.29 is 23.9 Å². The van der Waals surface area contributed by atoms with Crippen LogP contribution in [0, 0.1) is 0 Å². The molecule has 1 atom stereocenters. The van der Waals surface area contributed by atoms with Gasteiger partial charge in [0.15, 0.2) is 0 Å². The van der Waals surface area contributed by atoms with E-state index in [0.29, 0.717) is 11.3 Å². The molecule has 0 radical (unpaired) electrons. The number of nitrogens with two attached hydrogens (primary N) is 1. The summed E-state index contributed by atoms with van der Waals surface area (Å²) in [5, 5.41) is 2.40. The molecule has 0 aliphatic rings. The molecule has 0 saturated heterocycles. The molecule has 0 heterocycles. The lowest BCUT2D eigenvalue weighted by Crippen LogP contribution is -2.19. The number of benzene rings is 2. The SMILES string of the molecule is CCOC(=O)CC(OC(=O)c1ccc(NC(N)=O)cc1)c1cccc(Br)c1. The van der Waals surface area contributed by atoms with E-state index in [2.05, 4.69) is 21.2 Å². The van der Waals surface area contributed by atoms with E-state index in [9.17, 15) is 14.4 Å². The number of hydrogen-bond donors (Lipinski definition) is 2. The highest BCUT2D eigenvalue weighted by molar-refractivity contribution is 9.10. The van der Waals surface area contributed by atoms with Gasteiger partial charge in [-0.1, -0.05) is 28.1 Å². The summed E-state index contributed by atoms with van der Waals surface area (Å²) in [4.78, 5) is 35.2. The van der Waals surface area contributed by atoms with Gasteiger partial charge in [0.25, 0.3) is 0 Å². The van der Waals surface area contributed by atoms with Crippen LogP contribution in [0.25, 0.3) is 0 Å². The standard InChI is InChI=1S/C19H19BrN2O5/c1-2-26-17(23)11-16(13-4-3-5-14(20)10-13)27-18(24)12-6-8-15(9-7-12)22-19(21)25/h3-10,16H,2,11H2,1H3,(H3,21,22,25). The molecule has 2 aromatic carbocycles. The van der Waals surface area contributed by atoms with Crippen molar-refractivity contribution in [3.8, 4) is 0 Å². The molecule has 142 valence electrons. The quantitative estimate of drug-likeness (QED) is 0.644. The smallest absolute Gasteiger partial charge is 0.338 e. The number of rotatable bonds is 7. The van der Waals surface area contributed by atoms with Crippen molar-refractivity contribution in [3.63, 3.8) is 0 Å². The van der Waals surface area contributed by atoms with Crippen LogP contribution in [0.2, 0.25) is 0 Å². The molecule has 0 aliphatic heterocycles. The van der Waals surface area contributed by atoms with Gasteiger partial charge in [0.2, 0.25) is 0 Å². The molecule has 2 aromatic rings. The number of ether oxygens (including phenoxy) is 2. The summed E-state index contributed by atoms with van der Waals surface area (Å²) >= 11 is 3.36. The van der Waals surface area contributed by atoms with Crippen LogP contribution in [0.5, 0.6) is 0 Å². The second-order valence-electron chi connectivity index (χ2n) is 5.52. The number of nitrogens with one attached hydrogen (secondary N) is 1. The molecule has 27 heavy (non-hydrogen) atoms. The first-order chi connectivity index (χ1) is 12.9. The molecule has 7 nitrogen and oxygen atoms in total. The Morgan fingerprint density at radius 2 is 1.85 bits per heavy atom. The fraction of sp³-hybridized carbons (Fsp3) is 0.211. The Morgan fingerprint density at radius 1 is 1.15 bits per heavy atom. The summed E-state index contributed by atoms with van der Waals surface area (Å²) in [5.41, 5.74) is 6.44. The summed E-state index contributed by atoms with van der Waals surface area (Å²) < 4.78 is 11.3. The highest BCUT2D eigenvalue weighted by Gasteiger charge is 2.22. The zero-order valence-corrected chi connectivity index (χ0v) is 16.2. The largest absolute Gasteiger partial charge is 0.466 e. The van der Waals surface area contributed by atoms with Crippen molar-refractivity contribution in [1.29, 1.82) is 0 Å². The van der Waals surface area contributed by atoms with E-state index in [4.69, 9.17) is 15.2 Å². The maximum absolute atomic E-state index is 12.5. The summed E-state index contributed by atoms with van der Waals surface area (Å²) in [5.74, 6) is -1.06. The highest BCUT2D eigenvalue weighted by atomic mass is 79.9. The number of hydrogen-bond acceptors (Lipinski definition) is 5. The lowest BCUT2D eigenvalue weighted by Gasteiger charge is -2.18. The number of anilines is 1. The Hall–Kier alpha value is -2.87. The first kappa shape index (κ1) is 20.4. The minimum absolute atomic E-state index is 0.0999. The monoisotopic (exact) mass is 434 g/mol. The zero-order valence-electron chi connectivity index (χ0n) is 14.6. The molecule has 3 N–H and O–H groups in total. The third-order valence-corrected chi connectivity index (χ3v) is 4.01. The zero-order chi connectivity index (χ0) is 19.8. The minimum Gasteiger partial charge on any atom is -0.466 e. The first-order valence-electron chi connectivity index (χ1n) is 8.17. The van der Waals surface area contributed by atoms with Crippen molar-refractivity contribution in [3.05, 3.63) is 64.1 Å². The second-order valence-corrected chi connectivity index (χ2v) is 6.44. The van der Waals surface area contributed by atoms with Gasteiger partial charge in [-0.2, -0.15) is 0 Å². The number of primary amides is 1. The van der Waals surface area contributed by atoms with Crippen LogP contribution < -0.4 is 11.1 Å². The maximum atomic E-state index is 12.5. The Bertz CT molecular complexity index is 823. The number of carbonyl (C=O) groups excluding carboxylic acids is 3. The van der Waals surface area contributed by atoms with Crippen molar-refractivity contribution >= 4 is 39.6 Å². The van der Waals surface area contributed by atoms with Gasteiger partial charge < -0.3 is 20.5 Å². The van der Waals surface area contributed by atoms with Gasteiger partial charge in [0, 0.05) is 10.2 Å². The first-order valence-corrected chi connectivity index (χ1v) is 8.97. The van der Waals surface area contributed by atoms with Crippen LogP contribution in [0.3, 0.4) is 0 Å². The van der Waals surface area contributed by atoms with Crippen LogP contribution >= 0.6 is 15.9 Å². The predicted molar refractivity (Wildman–Crippen MR) is 103 cm³/mol. The van der Waals surface area contributed by atoms with E-state index in [0.717, 1.165) is 4.47 Å². The van der Waals surface area contributed by atoms with E-state index in [-0.39, 0.29) is 18.6 Å². The van der Waals surface area contributed by atoms with Crippen LogP contribution in [0.4, 0.5) is 10.5 Å². The fourth-order valence-electron chi connectivity index (χ4n) is 2.33. The molecule has 0 aliphatic carbocycles. The van der Waals surface area contributed by atoms with Crippen molar-refractivity contribution in [2.75, 3.05) is 11.9 Å². The average molecular weight is 435 g/mol. The molecular weight excluding hydrogens is 416 g/mol. The number of halogens is 1. The fourth-order valence-corrected chi connectivity index (χ4v) is 2.75. The summed E-state index contributed by atoms with van der Waals surface area (Å²) in [6.07, 6.45) is -0.894. The lowest BCUT2D eigenvalue weighted by atomic mass is 10.1. The third kappa shape index (κ3) is 6.41. The molecule has 0 spiro atoms. The number of amides is 2. The molecule has 2 rings (SSSR count). The summed E-state index contributed by atoms with van der Waals surface area (Å²) in [6.45, 7) is 1.95. The van der Waals surface area contributed by atoms with Gasteiger partial charge in [-0.05, 0) is 48.9 Å². The van der Waals surface area contributed by atoms with Gasteiger partial charge in [-0.3, -0.25) is 4.79 Å². The second kappa shape index (κ2) is 9.72. The Morgan fingerprint density at radius 3 is 2.44 bits per heavy atom. The van der Waals surface area contributed by atoms with Crippen molar-refractivity contribution in [1.82, 2.24) is 0 Å². The van der Waals surface area contributed by atoms with Crippen LogP contribution in [-0.4, -0.2) is 24.6 Å². The maximum Gasteiger partial charge on any atom is 0.338 e. The van der Waals surface area contributed by atoms with Gasteiger partial charge in [0.05, 0.1) is 18.6 Å². The molecule has 0 aromatic heterocycles. The van der Waals surface area contributed by atoms with Gasteiger partial charge in [-0.15, -0.1) is 0 Å². The lowest BCUT2D eigenvalue weighted by molar-refractivity contribution is -0.145. The van der Waals surface area contributed by atoms with E-state index in [1.54, 1.807) is 25.1 Å². The van der Waals surface area contributed by atoms with E-state index in [1.807, 2.05) is 6.07 Å². The molecule has 0 fully saturated rings. The van der Waals surface area contributed by atoms with E-state index < -0.39 is 24.1 Å². The molecular formula is C19H19BrN2O5. The van der Waals surface area contributed by atoms with Crippen LogP contribution in [0.1, 0.15) is 35.4 Å². The molecule has 2 amide bonds. The highest BCUT2D eigenvalue weighted by Crippen LogP contribution is 2.26. The van der Waals surface area contributed by atoms with Crippen LogP contribution in [-0.2, 0) is 14.3 Å². The third-order valence-electron chi connectivity index (χ3n) is 3.52. The molecule has 1 unspecified atom stereocenters. The molecule has 0 bridgehead atoms. The van der Waals surface area contributed by atoms with E-state index in [1.165, 1.54) is 24.3 Å². The summed E-state index contributed by atoms with van der Waals surface area (Å²) in [6, 6.07) is 12.5. The van der Waals surface area contributed by atoms with Gasteiger partial charge in [-0.25, -0.2) is 9.59 Å². The Balaban J connectivity index is 2.16. The Labute approximate surface area is 165 Å². The average Bonchev–Trinajstić information content (AvgIpc) is 2.61. The Kier molecular flexibility index (Phi) is 7.36. The number of urea groups is 1. The number of esters is 2. The van der Waals surface area contributed by atoms with Crippen molar-refractivity contribution in [2.24, 2.45) is 5.73 Å². The van der Waals surface area contributed by atoms with Crippen molar-refractivity contribution in [2.45, 2.75) is 19.4 Å². The van der Waals surface area contributed by atoms with Crippen LogP contribution in [0.15, 0.2) is 53.0 Å². The molecule has 8 heteroatoms.